The molecule has 2 aromatic carbocycles. The van der Waals surface area contributed by atoms with Gasteiger partial charge in [-0.1, -0.05) is 35.9 Å². The fraction of sp³-hybridized carbons (Fsp3) is 0.316. The Hall–Kier alpha value is -1.88. The first-order chi connectivity index (χ1) is 11.7. The van der Waals surface area contributed by atoms with E-state index >= 15 is 0 Å². The van der Waals surface area contributed by atoms with E-state index < -0.39 is 0 Å². The van der Waals surface area contributed by atoms with E-state index in [4.69, 9.17) is 11.6 Å². The molecule has 0 aromatic heterocycles. The van der Waals surface area contributed by atoms with Gasteiger partial charge in [0.1, 0.15) is 0 Å². The van der Waals surface area contributed by atoms with Gasteiger partial charge in [-0.2, -0.15) is 0 Å². The summed E-state index contributed by atoms with van der Waals surface area (Å²) in [6, 6.07) is 15.4. The Labute approximate surface area is 147 Å². The third-order valence-corrected chi connectivity index (χ3v) is 4.47. The van der Waals surface area contributed by atoms with Crippen LogP contribution in [0.15, 0.2) is 48.5 Å². The SMILES string of the molecule is O=C(Nc1cccc(CN(CCO)C2CC2)c1)c1ccccc1Cl. The molecule has 3 rings (SSSR count). The number of benzene rings is 2. The summed E-state index contributed by atoms with van der Waals surface area (Å²) in [5, 5.41) is 12.5. The Balaban J connectivity index is 1.68. The van der Waals surface area contributed by atoms with Crippen LogP contribution < -0.4 is 5.32 Å². The highest BCUT2D eigenvalue weighted by molar-refractivity contribution is 6.34. The Morgan fingerprint density at radius 3 is 2.71 bits per heavy atom. The summed E-state index contributed by atoms with van der Waals surface area (Å²) >= 11 is 6.07. The van der Waals surface area contributed by atoms with Gasteiger partial charge in [-0.05, 0) is 42.7 Å². The van der Waals surface area contributed by atoms with E-state index in [1.54, 1.807) is 24.3 Å². The number of rotatable bonds is 7. The highest BCUT2D eigenvalue weighted by atomic mass is 35.5. The molecule has 2 aromatic rings. The van der Waals surface area contributed by atoms with E-state index in [9.17, 15) is 9.90 Å². The molecule has 126 valence electrons. The van der Waals surface area contributed by atoms with E-state index in [-0.39, 0.29) is 12.5 Å². The number of hydrogen-bond donors (Lipinski definition) is 2. The molecule has 0 unspecified atom stereocenters. The molecular formula is C19H21ClN2O2. The number of aliphatic hydroxyl groups excluding tert-OH is 1. The molecule has 0 atom stereocenters. The van der Waals surface area contributed by atoms with Crippen LogP contribution in [0.2, 0.25) is 5.02 Å². The van der Waals surface area contributed by atoms with Crippen LogP contribution >= 0.6 is 11.6 Å². The largest absolute Gasteiger partial charge is 0.395 e. The molecule has 0 bridgehead atoms. The van der Waals surface area contributed by atoms with Crippen molar-refractivity contribution in [3.05, 3.63) is 64.7 Å². The molecule has 1 amide bonds. The van der Waals surface area contributed by atoms with Gasteiger partial charge in [0.2, 0.25) is 0 Å². The second kappa shape index (κ2) is 7.79. The highest BCUT2D eigenvalue weighted by Gasteiger charge is 2.28. The van der Waals surface area contributed by atoms with Crippen molar-refractivity contribution in [2.24, 2.45) is 0 Å². The maximum Gasteiger partial charge on any atom is 0.257 e. The van der Waals surface area contributed by atoms with Gasteiger partial charge in [-0.15, -0.1) is 0 Å². The molecule has 2 N–H and O–H groups in total. The van der Waals surface area contributed by atoms with Gasteiger partial charge < -0.3 is 10.4 Å². The number of nitrogens with zero attached hydrogens (tertiary/aromatic N) is 1. The first-order valence-electron chi connectivity index (χ1n) is 8.17. The van der Waals surface area contributed by atoms with Crippen LogP contribution in [0.3, 0.4) is 0 Å². The number of carbonyl (C=O) groups excluding carboxylic acids is 1. The number of halogens is 1. The zero-order valence-corrected chi connectivity index (χ0v) is 14.2. The molecule has 4 nitrogen and oxygen atoms in total. The van der Waals surface area contributed by atoms with Crippen LogP contribution in [0.4, 0.5) is 5.69 Å². The fourth-order valence-electron chi connectivity index (χ4n) is 2.78. The minimum atomic E-state index is -0.216. The Bertz CT molecular complexity index is 716. The molecule has 1 aliphatic rings. The van der Waals surface area contributed by atoms with Crippen LogP contribution in [-0.4, -0.2) is 35.1 Å². The molecule has 0 radical (unpaired) electrons. The Kier molecular flexibility index (Phi) is 5.51. The maximum absolute atomic E-state index is 12.4. The minimum absolute atomic E-state index is 0.166. The lowest BCUT2D eigenvalue weighted by Crippen LogP contribution is -2.28. The number of aliphatic hydroxyl groups is 1. The van der Waals surface area contributed by atoms with E-state index in [2.05, 4.69) is 10.2 Å². The summed E-state index contributed by atoms with van der Waals surface area (Å²) in [7, 11) is 0. The first-order valence-corrected chi connectivity index (χ1v) is 8.55. The monoisotopic (exact) mass is 344 g/mol. The van der Waals surface area contributed by atoms with Crippen molar-refractivity contribution in [1.82, 2.24) is 4.90 Å². The normalized spacial score (nSPS) is 14.0. The van der Waals surface area contributed by atoms with Gasteiger partial charge in [0.15, 0.2) is 0 Å². The van der Waals surface area contributed by atoms with Crippen molar-refractivity contribution >= 4 is 23.2 Å². The van der Waals surface area contributed by atoms with E-state index in [0.29, 0.717) is 23.2 Å². The fourth-order valence-corrected chi connectivity index (χ4v) is 3.01. The van der Waals surface area contributed by atoms with E-state index in [1.807, 2.05) is 24.3 Å². The van der Waals surface area contributed by atoms with Crippen molar-refractivity contribution in [2.75, 3.05) is 18.5 Å². The average molecular weight is 345 g/mol. The van der Waals surface area contributed by atoms with Crippen LogP contribution in [0.1, 0.15) is 28.8 Å². The van der Waals surface area contributed by atoms with Crippen LogP contribution in [0.25, 0.3) is 0 Å². The second-order valence-corrected chi connectivity index (χ2v) is 6.47. The lowest BCUT2D eigenvalue weighted by molar-refractivity contribution is 0.102. The Morgan fingerprint density at radius 2 is 2.00 bits per heavy atom. The average Bonchev–Trinajstić information content (AvgIpc) is 3.40. The number of carbonyl (C=O) groups is 1. The van der Waals surface area contributed by atoms with Crippen LogP contribution in [-0.2, 0) is 6.54 Å². The van der Waals surface area contributed by atoms with Gasteiger partial charge in [-0.25, -0.2) is 0 Å². The van der Waals surface area contributed by atoms with Crippen molar-refractivity contribution in [1.29, 1.82) is 0 Å². The van der Waals surface area contributed by atoms with Crippen LogP contribution in [0, 0.1) is 0 Å². The van der Waals surface area contributed by atoms with Gasteiger partial charge in [-0.3, -0.25) is 9.69 Å². The summed E-state index contributed by atoms with van der Waals surface area (Å²) in [4.78, 5) is 14.6. The maximum atomic E-state index is 12.4. The van der Waals surface area contributed by atoms with E-state index in [0.717, 1.165) is 17.8 Å². The van der Waals surface area contributed by atoms with E-state index in [1.165, 1.54) is 12.8 Å². The quantitative estimate of drug-likeness (QED) is 0.807. The zero-order valence-electron chi connectivity index (χ0n) is 13.4. The Morgan fingerprint density at radius 1 is 1.21 bits per heavy atom. The molecule has 1 fully saturated rings. The summed E-state index contributed by atoms with van der Waals surface area (Å²) in [6.45, 7) is 1.63. The molecular weight excluding hydrogens is 324 g/mol. The summed E-state index contributed by atoms with van der Waals surface area (Å²) in [5.74, 6) is -0.216. The van der Waals surface area contributed by atoms with Crippen molar-refractivity contribution in [3.8, 4) is 0 Å². The molecule has 0 saturated heterocycles. The van der Waals surface area contributed by atoms with Crippen molar-refractivity contribution in [3.63, 3.8) is 0 Å². The molecule has 1 saturated carbocycles. The standard InChI is InChI=1S/C19H21ClN2O2/c20-18-7-2-1-6-17(18)19(24)21-15-5-3-4-14(12-15)13-22(10-11-23)16-8-9-16/h1-7,12,16,23H,8-11,13H2,(H,21,24). The summed E-state index contributed by atoms with van der Waals surface area (Å²) < 4.78 is 0. The molecule has 1 aliphatic carbocycles. The summed E-state index contributed by atoms with van der Waals surface area (Å²) in [6.07, 6.45) is 2.39. The number of hydrogen-bond acceptors (Lipinski definition) is 3. The lowest BCUT2D eigenvalue weighted by atomic mass is 10.1. The topological polar surface area (TPSA) is 52.6 Å². The van der Waals surface area contributed by atoms with Crippen molar-refractivity contribution in [2.45, 2.75) is 25.4 Å². The predicted octanol–water partition coefficient (Wildman–Crippen LogP) is 3.55. The highest BCUT2D eigenvalue weighted by Crippen LogP contribution is 2.28. The van der Waals surface area contributed by atoms with Gasteiger partial charge in [0.25, 0.3) is 5.91 Å². The predicted molar refractivity (Wildman–Crippen MR) is 96.4 cm³/mol. The molecule has 24 heavy (non-hydrogen) atoms. The van der Waals surface area contributed by atoms with Crippen LogP contribution in [0.5, 0.6) is 0 Å². The third-order valence-electron chi connectivity index (χ3n) is 4.14. The number of nitrogens with one attached hydrogen (secondary N) is 1. The zero-order chi connectivity index (χ0) is 16.9. The van der Waals surface area contributed by atoms with Gasteiger partial charge in [0.05, 0.1) is 17.2 Å². The number of anilines is 1. The first kappa shape index (κ1) is 17.0. The van der Waals surface area contributed by atoms with Crippen molar-refractivity contribution < 1.29 is 9.90 Å². The lowest BCUT2D eigenvalue weighted by Gasteiger charge is -2.21. The third kappa shape index (κ3) is 4.35. The molecule has 5 heteroatoms. The minimum Gasteiger partial charge on any atom is -0.395 e. The van der Waals surface area contributed by atoms with Gasteiger partial charge in [0, 0.05) is 24.8 Å². The second-order valence-electron chi connectivity index (χ2n) is 6.06. The summed E-state index contributed by atoms with van der Waals surface area (Å²) in [5.41, 5.74) is 2.33. The van der Waals surface area contributed by atoms with Gasteiger partial charge >= 0.3 is 0 Å². The smallest absolute Gasteiger partial charge is 0.257 e. The molecule has 0 heterocycles. The molecule has 0 aliphatic heterocycles. The molecule has 0 spiro atoms. The number of amides is 1.